The van der Waals surface area contributed by atoms with Gasteiger partial charge in [-0.15, -0.1) is 0 Å². The first-order valence-electron chi connectivity index (χ1n) is 10.1. The van der Waals surface area contributed by atoms with E-state index in [2.05, 4.69) is 29.2 Å². The van der Waals surface area contributed by atoms with Gasteiger partial charge in [-0.1, -0.05) is 72.3 Å². The fraction of sp³-hybridized carbons (Fsp3) is 0.208. The van der Waals surface area contributed by atoms with Crippen LogP contribution in [0, 0.1) is 10.1 Å². The first-order valence-corrected chi connectivity index (χ1v) is 10.5. The van der Waals surface area contributed by atoms with Crippen LogP contribution in [0.15, 0.2) is 78.9 Å². The van der Waals surface area contributed by atoms with Crippen LogP contribution in [-0.2, 0) is 0 Å². The molecule has 31 heavy (non-hydrogen) atoms. The van der Waals surface area contributed by atoms with Gasteiger partial charge in [0.2, 0.25) is 0 Å². The van der Waals surface area contributed by atoms with Crippen molar-refractivity contribution in [2.45, 2.75) is 6.04 Å². The zero-order valence-electron chi connectivity index (χ0n) is 16.9. The minimum atomic E-state index is -0.518. The minimum absolute atomic E-state index is 0.0982. The van der Waals surface area contributed by atoms with Gasteiger partial charge in [0, 0.05) is 38.3 Å². The normalized spacial score (nSPS) is 14.6. The first kappa shape index (κ1) is 21.0. The van der Waals surface area contributed by atoms with Crippen molar-refractivity contribution in [3.63, 3.8) is 0 Å². The van der Waals surface area contributed by atoms with Gasteiger partial charge < -0.3 is 4.90 Å². The lowest BCUT2D eigenvalue weighted by Crippen LogP contribution is -2.49. The molecule has 0 saturated carbocycles. The summed E-state index contributed by atoms with van der Waals surface area (Å²) in [5.74, 6) is -0.274. The molecule has 0 bridgehead atoms. The third kappa shape index (κ3) is 4.60. The van der Waals surface area contributed by atoms with Crippen LogP contribution in [0.25, 0.3) is 0 Å². The highest BCUT2D eigenvalue weighted by Gasteiger charge is 2.29. The number of benzene rings is 3. The molecule has 0 aliphatic carbocycles. The van der Waals surface area contributed by atoms with Crippen LogP contribution < -0.4 is 0 Å². The number of piperazine rings is 1. The first-order chi connectivity index (χ1) is 15.0. The molecule has 1 fully saturated rings. The van der Waals surface area contributed by atoms with E-state index in [0.717, 1.165) is 0 Å². The summed E-state index contributed by atoms with van der Waals surface area (Å²) in [5, 5.41) is 11.3. The maximum absolute atomic E-state index is 13.0. The van der Waals surface area contributed by atoms with Gasteiger partial charge in [-0.05, 0) is 17.2 Å². The Labute approximate surface area is 185 Å². The maximum atomic E-state index is 13.0. The quantitative estimate of drug-likeness (QED) is 0.426. The Morgan fingerprint density at radius 3 is 1.94 bits per heavy atom. The van der Waals surface area contributed by atoms with Crippen LogP contribution in [0.5, 0.6) is 0 Å². The Balaban J connectivity index is 1.53. The highest BCUT2D eigenvalue weighted by Crippen LogP contribution is 2.30. The highest BCUT2D eigenvalue weighted by atomic mass is 35.5. The van der Waals surface area contributed by atoms with Crippen molar-refractivity contribution in [2.75, 3.05) is 26.2 Å². The van der Waals surface area contributed by atoms with E-state index in [1.165, 1.54) is 29.3 Å². The molecule has 6 nitrogen and oxygen atoms in total. The molecule has 1 amide bonds. The zero-order valence-corrected chi connectivity index (χ0v) is 17.6. The Morgan fingerprint density at radius 2 is 1.42 bits per heavy atom. The Kier molecular flexibility index (Phi) is 6.30. The number of amides is 1. The molecule has 0 radical (unpaired) electrons. The molecule has 1 heterocycles. The molecule has 3 aromatic rings. The van der Waals surface area contributed by atoms with Gasteiger partial charge in [0.05, 0.1) is 21.6 Å². The lowest BCUT2D eigenvalue weighted by molar-refractivity contribution is -0.384. The summed E-state index contributed by atoms with van der Waals surface area (Å²) in [6, 6.07) is 24.7. The monoisotopic (exact) mass is 435 g/mol. The number of non-ortho nitro benzene ring substituents is 1. The van der Waals surface area contributed by atoms with Crippen molar-refractivity contribution in [1.82, 2.24) is 9.80 Å². The van der Waals surface area contributed by atoms with Crippen molar-refractivity contribution in [1.29, 1.82) is 0 Å². The molecule has 0 atom stereocenters. The number of nitro benzene ring substituents is 1. The molecule has 0 unspecified atom stereocenters. The average molecular weight is 436 g/mol. The molecule has 1 aliphatic rings. The SMILES string of the molecule is O=C(c1cc([N+](=O)[O-])ccc1Cl)N1CCN(C(c2ccccc2)c2ccccc2)CC1. The number of nitrogens with zero attached hydrogens (tertiary/aromatic N) is 3. The molecule has 4 rings (SSSR count). The molecular formula is C24H22ClN3O3. The molecular weight excluding hydrogens is 414 g/mol. The van der Waals surface area contributed by atoms with Crippen molar-refractivity contribution < 1.29 is 9.72 Å². The van der Waals surface area contributed by atoms with Gasteiger partial charge in [0.1, 0.15) is 0 Å². The molecule has 1 saturated heterocycles. The third-order valence-electron chi connectivity index (χ3n) is 5.59. The summed E-state index contributed by atoms with van der Waals surface area (Å²) in [6.07, 6.45) is 0. The van der Waals surface area contributed by atoms with E-state index >= 15 is 0 Å². The number of rotatable bonds is 5. The van der Waals surface area contributed by atoms with Crippen LogP contribution in [0.1, 0.15) is 27.5 Å². The summed E-state index contributed by atoms with van der Waals surface area (Å²) < 4.78 is 0. The number of hydrogen-bond acceptors (Lipinski definition) is 4. The van der Waals surface area contributed by atoms with Crippen LogP contribution >= 0.6 is 11.6 Å². The minimum Gasteiger partial charge on any atom is -0.336 e. The predicted octanol–water partition coefficient (Wildman–Crippen LogP) is 4.80. The Bertz CT molecular complexity index is 1030. The summed E-state index contributed by atoms with van der Waals surface area (Å²) >= 11 is 6.17. The molecule has 158 valence electrons. The smallest absolute Gasteiger partial charge is 0.270 e. The molecule has 3 aromatic carbocycles. The van der Waals surface area contributed by atoms with Gasteiger partial charge in [0.25, 0.3) is 11.6 Å². The molecule has 7 heteroatoms. The van der Waals surface area contributed by atoms with Crippen molar-refractivity contribution >= 4 is 23.2 Å². The fourth-order valence-corrected chi connectivity index (χ4v) is 4.23. The standard InChI is InChI=1S/C24H22ClN3O3/c25-22-12-11-20(28(30)31)17-21(22)24(29)27-15-13-26(14-16-27)23(18-7-3-1-4-8-18)19-9-5-2-6-10-19/h1-12,17,23H,13-16H2. The third-order valence-corrected chi connectivity index (χ3v) is 5.92. The largest absolute Gasteiger partial charge is 0.336 e. The summed E-state index contributed by atoms with van der Waals surface area (Å²) in [5.41, 5.74) is 2.44. The Hall–Kier alpha value is -3.22. The van der Waals surface area contributed by atoms with Crippen LogP contribution in [0.2, 0.25) is 5.02 Å². The van der Waals surface area contributed by atoms with E-state index < -0.39 is 4.92 Å². The van der Waals surface area contributed by atoms with E-state index in [1.807, 2.05) is 36.4 Å². The second-order valence-electron chi connectivity index (χ2n) is 7.47. The highest BCUT2D eigenvalue weighted by molar-refractivity contribution is 6.33. The molecule has 0 spiro atoms. The van der Waals surface area contributed by atoms with Gasteiger partial charge in [0.15, 0.2) is 0 Å². The number of nitro groups is 1. The number of hydrogen-bond donors (Lipinski definition) is 0. The van der Waals surface area contributed by atoms with E-state index in [-0.39, 0.29) is 28.2 Å². The summed E-state index contributed by atoms with van der Waals surface area (Å²) in [6.45, 7) is 2.42. The summed E-state index contributed by atoms with van der Waals surface area (Å²) in [7, 11) is 0. The second kappa shape index (κ2) is 9.29. The van der Waals surface area contributed by atoms with Gasteiger partial charge >= 0.3 is 0 Å². The van der Waals surface area contributed by atoms with Crippen molar-refractivity contribution in [3.05, 3.63) is 111 Å². The zero-order chi connectivity index (χ0) is 21.8. The van der Waals surface area contributed by atoms with E-state index in [4.69, 9.17) is 11.6 Å². The van der Waals surface area contributed by atoms with Gasteiger partial charge in [-0.25, -0.2) is 0 Å². The Morgan fingerprint density at radius 1 is 0.871 bits per heavy atom. The molecule has 0 N–H and O–H groups in total. The van der Waals surface area contributed by atoms with Crippen LogP contribution in [-0.4, -0.2) is 46.8 Å². The summed E-state index contributed by atoms with van der Waals surface area (Å²) in [4.78, 5) is 27.7. The lowest BCUT2D eigenvalue weighted by atomic mass is 9.96. The predicted molar refractivity (Wildman–Crippen MR) is 120 cm³/mol. The number of halogens is 1. The fourth-order valence-electron chi connectivity index (χ4n) is 4.03. The number of carbonyl (C=O) groups excluding carboxylic acids is 1. The van der Waals surface area contributed by atoms with E-state index in [1.54, 1.807) is 4.90 Å². The lowest BCUT2D eigenvalue weighted by Gasteiger charge is -2.39. The van der Waals surface area contributed by atoms with Gasteiger partial charge in [-0.3, -0.25) is 19.8 Å². The molecule has 1 aliphatic heterocycles. The van der Waals surface area contributed by atoms with E-state index in [0.29, 0.717) is 26.2 Å². The van der Waals surface area contributed by atoms with Crippen LogP contribution in [0.3, 0.4) is 0 Å². The molecule has 0 aromatic heterocycles. The van der Waals surface area contributed by atoms with E-state index in [9.17, 15) is 14.9 Å². The second-order valence-corrected chi connectivity index (χ2v) is 7.88. The number of carbonyl (C=O) groups is 1. The van der Waals surface area contributed by atoms with Crippen molar-refractivity contribution in [3.8, 4) is 0 Å². The van der Waals surface area contributed by atoms with Crippen molar-refractivity contribution in [2.24, 2.45) is 0 Å². The topological polar surface area (TPSA) is 66.7 Å². The van der Waals surface area contributed by atoms with Crippen LogP contribution in [0.4, 0.5) is 5.69 Å². The maximum Gasteiger partial charge on any atom is 0.270 e. The van der Waals surface area contributed by atoms with Gasteiger partial charge in [-0.2, -0.15) is 0 Å². The average Bonchev–Trinajstić information content (AvgIpc) is 2.81.